The Balaban J connectivity index is 3.37. The molecule has 1 aromatic carbocycles. The molecule has 26 nitrogen and oxygen atoms in total. The number of hydrogen-bond donors (Lipinski definition) is 12. The molecule has 0 aliphatic rings. The zero-order valence-corrected chi connectivity index (χ0v) is 44.8. The van der Waals surface area contributed by atoms with Gasteiger partial charge in [-0.05, 0) is 55.9 Å². The molecule has 0 fully saturated rings. The van der Waals surface area contributed by atoms with Gasteiger partial charge in [-0.2, -0.15) is 26.3 Å². The van der Waals surface area contributed by atoms with Gasteiger partial charge in [0.15, 0.2) is 6.04 Å². The molecule has 0 radical (unpaired) electrons. The molecule has 0 aliphatic carbocycles. The summed E-state index contributed by atoms with van der Waals surface area (Å²) in [5.74, 6) is -17.8. The quantitative estimate of drug-likeness (QED) is 0.0178. The normalized spacial score (nSPS) is 15.3. The van der Waals surface area contributed by atoms with Crippen molar-refractivity contribution in [1.82, 2.24) is 42.5 Å². The number of alkyl carbamates (subject to hydrolysis) is 1. The molecular formula is C48H71F6N9O17. The molecule has 452 valence electrons. The molecule has 80 heavy (non-hydrogen) atoms. The maximum Gasteiger partial charge on any atom is 0.490 e. The summed E-state index contributed by atoms with van der Waals surface area (Å²) in [7, 11) is 0. The van der Waals surface area contributed by atoms with E-state index >= 15 is 0 Å². The largest absolute Gasteiger partial charge is 0.490 e. The Morgan fingerprint density at radius 3 is 1.62 bits per heavy atom. The number of esters is 2. The third kappa shape index (κ3) is 26.1. The lowest BCUT2D eigenvalue weighted by molar-refractivity contribution is -0.201. The number of rotatable bonds is 33. The molecule has 0 heterocycles. The number of unbranched alkanes of at least 4 members (excludes halogenated alkanes) is 1. The fourth-order valence-electron chi connectivity index (χ4n) is 6.76. The SMILES string of the molecule is CC[C@H](C)[C@H](NC(=O)[C@@H](CCCCNC(=O)OCc1ccccc1)NC(=O)[C@H](CC(C)C)NC(=O)[C@@H](N)[C@H](O)C(C)C)C(=O)N[C@H](C(=O)NCC(=O)N[C@@H](COC(=O)C(F)(F)F)C(=O)N[C@@H](COC(=O)C(F)(F)F)C(=O)O)[C@H](C)O. The summed E-state index contributed by atoms with van der Waals surface area (Å²) in [5.41, 5.74) is 6.71. The van der Waals surface area contributed by atoms with Crippen LogP contribution in [0, 0.1) is 17.8 Å². The summed E-state index contributed by atoms with van der Waals surface area (Å²) in [6.07, 6.45) is -14.7. The predicted octanol–water partition coefficient (Wildman–Crippen LogP) is -0.779. The van der Waals surface area contributed by atoms with Crippen LogP contribution >= 0.6 is 0 Å². The van der Waals surface area contributed by atoms with E-state index in [9.17, 15) is 94.4 Å². The van der Waals surface area contributed by atoms with Crippen LogP contribution in [0.25, 0.3) is 0 Å². The summed E-state index contributed by atoms with van der Waals surface area (Å²) < 4.78 is 89.4. The number of alkyl halides is 6. The lowest BCUT2D eigenvalue weighted by Crippen LogP contribution is -2.62. The molecule has 13 N–H and O–H groups in total. The summed E-state index contributed by atoms with van der Waals surface area (Å²) in [4.78, 5) is 141. The number of amides is 8. The molecule has 1 rings (SSSR count). The van der Waals surface area contributed by atoms with Crippen molar-refractivity contribution in [2.75, 3.05) is 26.3 Å². The molecular weight excluding hydrogens is 1090 g/mol. The topological polar surface area (TPSA) is 398 Å². The fourth-order valence-corrected chi connectivity index (χ4v) is 6.76. The number of nitrogens with two attached hydrogens (primary N) is 1. The predicted molar refractivity (Wildman–Crippen MR) is 264 cm³/mol. The van der Waals surface area contributed by atoms with Crippen LogP contribution in [0.3, 0.4) is 0 Å². The van der Waals surface area contributed by atoms with Gasteiger partial charge in [0.2, 0.25) is 41.4 Å². The monoisotopic (exact) mass is 1160 g/mol. The van der Waals surface area contributed by atoms with E-state index in [-0.39, 0.29) is 51.2 Å². The zero-order valence-electron chi connectivity index (χ0n) is 44.8. The van der Waals surface area contributed by atoms with Gasteiger partial charge in [-0.25, -0.2) is 19.2 Å². The number of aliphatic hydroxyl groups excluding tert-OH is 2. The third-order valence-electron chi connectivity index (χ3n) is 11.5. The van der Waals surface area contributed by atoms with E-state index in [1.165, 1.54) is 12.2 Å². The maximum absolute atomic E-state index is 14.2. The van der Waals surface area contributed by atoms with Crippen molar-refractivity contribution in [3.8, 4) is 0 Å². The van der Waals surface area contributed by atoms with Crippen LogP contribution in [0.5, 0.6) is 0 Å². The first kappa shape index (κ1) is 70.7. The number of carboxylic acid groups (broad SMARTS) is 1. The average molecular weight is 1160 g/mol. The summed E-state index contributed by atoms with van der Waals surface area (Å²) in [6, 6.07) is -3.89. The number of nitrogens with one attached hydrogen (secondary N) is 8. The van der Waals surface area contributed by atoms with Crippen molar-refractivity contribution < 1.29 is 109 Å². The number of aliphatic hydroxyl groups is 2. The van der Waals surface area contributed by atoms with E-state index in [0.29, 0.717) is 0 Å². The molecule has 32 heteroatoms. The maximum atomic E-state index is 14.2. The molecule has 0 aromatic heterocycles. The van der Waals surface area contributed by atoms with Crippen LogP contribution < -0.4 is 48.3 Å². The van der Waals surface area contributed by atoms with E-state index in [2.05, 4.69) is 36.1 Å². The zero-order chi connectivity index (χ0) is 61.2. The molecule has 1 aromatic rings. The highest BCUT2D eigenvalue weighted by Gasteiger charge is 2.44. The van der Waals surface area contributed by atoms with E-state index in [1.807, 2.05) is 5.32 Å². The number of halogens is 6. The minimum absolute atomic E-state index is 0.0170. The number of hydrogen-bond acceptors (Lipinski definition) is 17. The highest BCUT2D eigenvalue weighted by Crippen LogP contribution is 2.18. The second kappa shape index (κ2) is 33.9. The highest BCUT2D eigenvalue weighted by molar-refractivity contribution is 5.97. The van der Waals surface area contributed by atoms with Gasteiger partial charge in [-0.3, -0.25) is 33.6 Å². The Morgan fingerprint density at radius 2 is 1.11 bits per heavy atom. The summed E-state index contributed by atoms with van der Waals surface area (Å²) in [6.45, 7) is 6.26. The van der Waals surface area contributed by atoms with Gasteiger partial charge in [-0.1, -0.05) is 78.3 Å². The minimum atomic E-state index is -5.67. The number of ether oxygens (including phenoxy) is 3. The molecule has 0 spiro atoms. The number of carboxylic acids is 1. The second-order valence-electron chi connectivity index (χ2n) is 19.0. The molecule has 8 amide bonds. The van der Waals surface area contributed by atoms with Gasteiger partial charge in [0, 0.05) is 6.54 Å². The lowest BCUT2D eigenvalue weighted by atomic mass is 9.96. The van der Waals surface area contributed by atoms with Gasteiger partial charge in [0.1, 0.15) is 56.1 Å². The van der Waals surface area contributed by atoms with Crippen LogP contribution in [-0.2, 0) is 68.8 Å². The molecule has 0 unspecified atom stereocenters. The molecule has 10 atom stereocenters. The van der Waals surface area contributed by atoms with Crippen LogP contribution in [-0.4, -0.2) is 174 Å². The lowest BCUT2D eigenvalue weighted by Gasteiger charge is -2.30. The van der Waals surface area contributed by atoms with E-state index in [0.717, 1.165) is 12.5 Å². The van der Waals surface area contributed by atoms with Gasteiger partial charge in [0.25, 0.3) is 0 Å². The number of carbonyl (C=O) groups excluding carboxylic acids is 10. The standard InChI is InChI=1S/C48H71F6N9O17/c1-8-25(6)34(42(72)63-35(26(7)64)41(71)57-19-32(65)58-30(21-78-44(75)47(49,50)51)39(69)61-31(43(73)74)22-79-45(76)48(52,53)54)62-37(67)28(16-12-13-17-56-46(77)80-20-27-14-10-9-11-15-27)59-38(68)29(18-23(2)3)60-40(70)33(55)36(66)24(4)5/h9-11,14-15,23-26,28-31,33-36,64,66H,8,12-13,16-22,55H2,1-7H3,(H,56,77)(H,57,71)(H,58,65)(H,59,68)(H,60,70)(H,61,69)(H,62,67)(H,63,72)(H,73,74)/t25-,26-,28+,29-,30-,31-,33-,34-,35-,36+/m0/s1. The van der Waals surface area contributed by atoms with Crippen LogP contribution in [0.1, 0.15) is 86.1 Å². The fraction of sp³-hybridized carbons (Fsp3) is 0.646. The molecule has 0 aliphatic heterocycles. The number of aliphatic carboxylic acids is 1. The van der Waals surface area contributed by atoms with Crippen LogP contribution in [0.15, 0.2) is 30.3 Å². The number of carbonyl (C=O) groups is 11. The Morgan fingerprint density at radius 1 is 0.600 bits per heavy atom. The molecule has 0 bridgehead atoms. The Hall–Kier alpha value is -7.35. The van der Waals surface area contributed by atoms with Crippen molar-refractivity contribution in [1.29, 1.82) is 0 Å². The van der Waals surface area contributed by atoms with Gasteiger partial charge < -0.3 is 77.8 Å². The van der Waals surface area contributed by atoms with Crippen molar-refractivity contribution >= 4 is 65.4 Å². The van der Waals surface area contributed by atoms with Crippen molar-refractivity contribution in [2.45, 2.75) is 154 Å². The van der Waals surface area contributed by atoms with Crippen molar-refractivity contribution in [3.05, 3.63) is 35.9 Å². The van der Waals surface area contributed by atoms with E-state index in [1.54, 1.807) is 70.3 Å². The number of benzene rings is 1. The third-order valence-corrected chi connectivity index (χ3v) is 11.5. The summed E-state index contributed by atoms with van der Waals surface area (Å²) in [5, 5.41) is 48.0. The minimum Gasteiger partial charge on any atom is -0.480 e. The Kier molecular flexibility index (Phi) is 30.0. The van der Waals surface area contributed by atoms with Gasteiger partial charge in [-0.15, -0.1) is 0 Å². The van der Waals surface area contributed by atoms with Crippen LogP contribution in [0.4, 0.5) is 31.1 Å². The Labute approximate surface area is 455 Å². The van der Waals surface area contributed by atoms with Crippen LogP contribution in [0.2, 0.25) is 0 Å². The molecule has 0 saturated heterocycles. The van der Waals surface area contributed by atoms with Gasteiger partial charge in [0.05, 0.1) is 18.8 Å². The van der Waals surface area contributed by atoms with E-state index in [4.69, 9.17) is 10.5 Å². The van der Waals surface area contributed by atoms with E-state index < -0.39 is 164 Å². The highest BCUT2D eigenvalue weighted by atomic mass is 19.4. The van der Waals surface area contributed by atoms with Crippen molar-refractivity contribution in [3.63, 3.8) is 0 Å². The summed E-state index contributed by atoms with van der Waals surface area (Å²) >= 11 is 0. The Bertz CT molecular complexity index is 2260. The van der Waals surface area contributed by atoms with Gasteiger partial charge >= 0.3 is 36.4 Å². The first-order chi connectivity index (χ1) is 37.1. The van der Waals surface area contributed by atoms with Crippen molar-refractivity contribution in [2.24, 2.45) is 23.5 Å². The molecule has 0 saturated carbocycles. The smallest absolute Gasteiger partial charge is 0.480 e. The first-order valence-electron chi connectivity index (χ1n) is 25.0. The second-order valence-corrected chi connectivity index (χ2v) is 19.0. The average Bonchev–Trinajstić information content (AvgIpc) is 3.37. The first-order valence-corrected chi connectivity index (χ1v) is 25.0.